The third-order valence-corrected chi connectivity index (χ3v) is 5.14. The topological polar surface area (TPSA) is 57.0 Å². The van der Waals surface area contributed by atoms with E-state index in [2.05, 4.69) is 4.90 Å². The minimum atomic E-state index is -0.125. The Labute approximate surface area is 136 Å². The zero-order valence-electron chi connectivity index (χ0n) is 13.3. The molecule has 0 spiro atoms. The van der Waals surface area contributed by atoms with Crippen LogP contribution in [0.2, 0.25) is 0 Å². The number of furan rings is 1. The van der Waals surface area contributed by atoms with Gasteiger partial charge >= 0.3 is 0 Å². The van der Waals surface area contributed by atoms with Gasteiger partial charge < -0.3 is 14.2 Å². The molecule has 6 heteroatoms. The molecule has 0 unspecified atom stereocenters. The number of hydrogen-bond donors (Lipinski definition) is 0. The highest BCUT2D eigenvalue weighted by Gasteiger charge is 2.43. The van der Waals surface area contributed by atoms with Gasteiger partial charge in [0.1, 0.15) is 5.76 Å². The standard InChI is InChI=1S/C17H23N3O3/c21-16-10-13(11-20(16)14-3-4-14)17(22)19-7-5-18(6-8-19)12-15-2-1-9-23-15/h1-2,9,13-14H,3-8,10-12H2/t13-/m0/s1. The summed E-state index contributed by atoms with van der Waals surface area (Å²) in [7, 11) is 0. The largest absolute Gasteiger partial charge is 0.468 e. The van der Waals surface area contributed by atoms with Crippen LogP contribution in [0.25, 0.3) is 0 Å². The van der Waals surface area contributed by atoms with E-state index in [4.69, 9.17) is 4.42 Å². The molecule has 4 rings (SSSR count). The van der Waals surface area contributed by atoms with E-state index in [1.165, 1.54) is 0 Å². The Morgan fingerprint density at radius 1 is 1.22 bits per heavy atom. The summed E-state index contributed by atoms with van der Waals surface area (Å²) in [5.74, 6) is 1.17. The Morgan fingerprint density at radius 2 is 2.00 bits per heavy atom. The summed E-state index contributed by atoms with van der Waals surface area (Å²) in [6, 6.07) is 4.30. The summed E-state index contributed by atoms with van der Waals surface area (Å²) in [4.78, 5) is 30.9. The third-order valence-electron chi connectivity index (χ3n) is 5.14. The van der Waals surface area contributed by atoms with Gasteiger partial charge in [-0.05, 0) is 25.0 Å². The summed E-state index contributed by atoms with van der Waals surface area (Å²) in [6.45, 7) is 4.64. The van der Waals surface area contributed by atoms with E-state index in [9.17, 15) is 9.59 Å². The SMILES string of the molecule is O=C([C@H]1CC(=O)N(C2CC2)C1)N1CCN(Cc2ccco2)CC1. The van der Waals surface area contributed by atoms with E-state index in [1.54, 1.807) is 6.26 Å². The Kier molecular flexibility index (Phi) is 3.85. The van der Waals surface area contributed by atoms with Crippen molar-refractivity contribution in [2.75, 3.05) is 32.7 Å². The van der Waals surface area contributed by atoms with Crippen LogP contribution in [0, 0.1) is 5.92 Å². The van der Waals surface area contributed by atoms with Crippen molar-refractivity contribution < 1.29 is 14.0 Å². The van der Waals surface area contributed by atoms with Gasteiger partial charge in [0, 0.05) is 45.2 Å². The van der Waals surface area contributed by atoms with Crippen LogP contribution in [0.3, 0.4) is 0 Å². The summed E-state index contributed by atoms with van der Waals surface area (Å²) in [5, 5.41) is 0. The second kappa shape index (κ2) is 6.00. The normalized spacial score (nSPS) is 26.1. The number of nitrogens with zero attached hydrogens (tertiary/aromatic N) is 3. The van der Waals surface area contributed by atoms with Gasteiger partial charge in [0.25, 0.3) is 0 Å². The number of amides is 2. The van der Waals surface area contributed by atoms with Gasteiger partial charge in [0.15, 0.2) is 0 Å². The highest BCUT2D eigenvalue weighted by Crippen LogP contribution is 2.33. The van der Waals surface area contributed by atoms with Crippen LogP contribution in [0.15, 0.2) is 22.8 Å². The second-order valence-corrected chi connectivity index (χ2v) is 6.86. The third kappa shape index (κ3) is 3.13. The number of rotatable bonds is 4. The molecular formula is C17H23N3O3. The highest BCUT2D eigenvalue weighted by molar-refractivity contribution is 5.89. The lowest BCUT2D eigenvalue weighted by molar-refractivity contribution is -0.137. The number of hydrogen-bond acceptors (Lipinski definition) is 4. The molecular weight excluding hydrogens is 294 g/mol. The van der Waals surface area contributed by atoms with Gasteiger partial charge in [-0.25, -0.2) is 0 Å². The first-order valence-electron chi connectivity index (χ1n) is 8.53. The predicted octanol–water partition coefficient (Wildman–Crippen LogP) is 0.935. The molecule has 3 aliphatic rings. The molecule has 0 radical (unpaired) electrons. The Balaban J connectivity index is 1.28. The average Bonchev–Trinajstić information content (AvgIpc) is 3.13. The summed E-state index contributed by atoms with van der Waals surface area (Å²) in [6.07, 6.45) is 4.32. The van der Waals surface area contributed by atoms with Crippen molar-refractivity contribution in [1.82, 2.24) is 14.7 Å². The molecule has 1 aliphatic carbocycles. The lowest BCUT2D eigenvalue weighted by atomic mass is 10.1. The van der Waals surface area contributed by atoms with Crippen molar-refractivity contribution in [2.45, 2.75) is 31.8 Å². The Hall–Kier alpha value is -1.82. The highest BCUT2D eigenvalue weighted by atomic mass is 16.3. The number of piperazine rings is 1. The maximum Gasteiger partial charge on any atom is 0.228 e. The minimum Gasteiger partial charge on any atom is -0.468 e. The predicted molar refractivity (Wildman–Crippen MR) is 83.4 cm³/mol. The van der Waals surface area contributed by atoms with Gasteiger partial charge in [-0.1, -0.05) is 0 Å². The lowest BCUT2D eigenvalue weighted by Crippen LogP contribution is -2.50. The van der Waals surface area contributed by atoms with E-state index < -0.39 is 0 Å². The van der Waals surface area contributed by atoms with E-state index in [0.717, 1.165) is 51.3 Å². The van der Waals surface area contributed by atoms with Crippen LogP contribution in [0.5, 0.6) is 0 Å². The van der Waals surface area contributed by atoms with Crippen molar-refractivity contribution in [1.29, 1.82) is 0 Å². The molecule has 3 fully saturated rings. The Morgan fingerprint density at radius 3 is 2.65 bits per heavy atom. The monoisotopic (exact) mass is 317 g/mol. The van der Waals surface area contributed by atoms with Crippen LogP contribution in [0.1, 0.15) is 25.0 Å². The zero-order valence-corrected chi connectivity index (χ0v) is 13.3. The molecule has 2 saturated heterocycles. The van der Waals surface area contributed by atoms with Crippen LogP contribution in [-0.2, 0) is 16.1 Å². The molecule has 0 bridgehead atoms. The maximum atomic E-state index is 12.7. The zero-order chi connectivity index (χ0) is 15.8. The Bertz CT molecular complexity index is 574. The second-order valence-electron chi connectivity index (χ2n) is 6.86. The average molecular weight is 317 g/mol. The molecule has 6 nitrogen and oxygen atoms in total. The van der Waals surface area contributed by atoms with Crippen molar-refractivity contribution in [3.05, 3.63) is 24.2 Å². The maximum absolute atomic E-state index is 12.7. The van der Waals surface area contributed by atoms with Crippen molar-refractivity contribution in [3.63, 3.8) is 0 Å². The van der Waals surface area contributed by atoms with E-state index in [-0.39, 0.29) is 17.7 Å². The van der Waals surface area contributed by atoms with Crippen LogP contribution < -0.4 is 0 Å². The molecule has 1 aromatic rings. The van der Waals surface area contributed by atoms with Crippen molar-refractivity contribution >= 4 is 11.8 Å². The lowest BCUT2D eigenvalue weighted by Gasteiger charge is -2.35. The van der Waals surface area contributed by atoms with Crippen molar-refractivity contribution in [3.8, 4) is 0 Å². The summed E-state index contributed by atoms with van der Waals surface area (Å²) < 4.78 is 5.38. The van der Waals surface area contributed by atoms with Gasteiger partial charge in [-0.15, -0.1) is 0 Å². The van der Waals surface area contributed by atoms with Crippen LogP contribution in [0.4, 0.5) is 0 Å². The van der Waals surface area contributed by atoms with E-state index in [0.29, 0.717) is 19.0 Å². The number of carbonyl (C=O) groups excluding carboxylic acids is 2. The molecule has 0 aromatic carbocycles. The molecule has 1 atom stereocenters. The summed E-state index contributed by atoms with van der Waals surface area (Å²) >= 11 is 0. The van der Waals surface area contributed by atoms with Gasteiger partial charge in [0.2, 0.25) is 11.8 Å². The fraction of sp³-hybridized carbons (Fsp3) is 0.647. The molecule has 124 valence electrons. The minimum absolute atomic E-state index is 0.125. The van der Waals surface area contributed by atoms with E-state index in [1.807, 2.05) is 21.9 Å². The van der Waals surface area contributed by atoms with Gasteiger partial charge in [-0.2, -0.15) is 0 Å². The molecule has 2 amide bonds. The van der Waals surface area contributed by atoms with Crippen molar-refractivity contribution in [2.24, 2.45) is 5.92 Å². The molecule has 23 heavy (non-hydrogen) atoms. The number of likely N-dealkylation sites (tertiary alicyclic amines) is 1. The molecule has 3 heterocycles. The first-order valence-corrected chi connectivity index (χ1v) is 8.53. The molecule has 1 saturated carbocycles. The van der Waals surface area contributed by atoms with Crippen LogP contribution >= 0.6 is 0 Å². The number of carbonyl (C=O) groups is 2. The quantitative estimate of drug-likeness (QED) is 0.829. The fourth-order valence-corrected chi connectivity index (χ4v) is 3.64. The molecule has 2 aliphatic heterocycles. The van der Waals surface area contributed by atoms with Gasteiger partial charge in [-0.3, -0.25) is 14.5 Å². The summed E-state index contributed by atoms with van der Waals surface area (Å²) in [5.41, 5.74) is 0. The molecule has 1 aromatic heterocycles. The van der Waals surface area contributed by atoms with E-state index >= 15 is 0 Å². The fourth-order valence-electron chi connectivity index (χ4n) is 3.64. The smallest absolute Gasteiger partial charge is 0.228 e. The van der Waals surface area contributed by atoms with Gasteiger partial charge in [0.05, 0.1) is 18.7 Å². The first-order chi connectivity index (χ1) is 11.2. The molecule has 0 N–H and O–H groups in total. The first kappa shape index (κ1) is 14.8. The van der Waals surface area contributed by atoms with Crippen LogP contribution in [-0.4, -0.2) is 65.3 Å².